The Labute approximate surface area is 93.4 Å². The van der Waals surface area contributed by atoms with Crippen LogP contribution in [0, 0.1) is 11.3 Å². The van der Waals surface area contributed by atoms with E-state index in [1.165, 1.54) is 0 Å². The van der Waals surface area contributed by atoms with E-state index in [4.69, 9.17) is 5.26 Å². The molecule has 1 aromatic heterocycles. The molecule has 0 aliphatic rings. The first-order valence-corrected chi connectivity index (χ1v) is 5.24. The molecular weight excluding hydrogens is 298 g/mol. The van der Waals surface area contributed by atoms with Crippen LogP contribution in [-0.4, -0.2) is 11.5 Å². The summed E-state index contributed by atoms with van der Waals surface area (Å²) in [5, 5.41) is 11.5. The zero-order valence-corrected chi connectivity index (χ0v) is 9.89. The van der Waals surface area contributed by atoms with Gasteiger partial charge in [0.2, 0.25) is 0 Å². The van der Waals surface area contributed by atoms with Crippen molar-refractivity contribution in [3.63, 3.8) is 0 Å². The van der Waals surface area contributed by atoms with Gasteiger partial charge in [0.15, 0.2) is 0 Å². The van der Waals surface area contributed by atoms with Gasteiger partial charge in [0.25, 0.3) is 0 Å². The van der Waals surface area contributed by atoms with Gasteiger partial charge in [-0.15, -0.1) is 0 Å². The Bertz CT molecular complexity index is 312. The average molecular weight is 305 g/mol. The maximum atomic E-state index is 8.36. The number of nitrogens with zero attached hydrogens (tertiary/aromatic N) is 2. The molecular formula is C8H7Br2N3. The highest BCUT2D eigenvalue weighted by Crippen LogP contribution is 2.28. The normalized spacial score (nSPS) is 9.31. The molecule has 0 amide bonds. The van der Waals surface area contributed by atoms with Gasteiger partial charge in [-0.2, -0.15) is 5.26 Å². The maximum Gasteiger partial charge on any atom is 0.0660 e. The van der Waals surface area contributed by atoms with Crippen LogP contribution in [0.4, 0.5) is 5.69 Å². The first-order valence-electron chi connectivity index (χ1n) is 3.65. The van der Waals surface area contributed by atoms with Crippen LogP contribution >= 0.6 is 31.9 Å². The lowest BCUT2D eigenvalue weighted by Gasteiger charge is -2.07. The van der Waals surface area contributed by atoms with Gasteiger partial charge in [0, 0.05) is 18.9 Å². The van der Waals surface area contributed by atoms with Crippen LogP contribution in [0.15, 0.2) is 21.3 Å². The monoisotopic (exact) mass is 303 g/mol. The summed E-state index contributed by atoms with van der Waals surface area (Å²) in [7, 11) is 0. The lowest BCUT2D eigenvalue weighted by molar-refractivity contribution is 1.07. The van der Waals surface area contributed by atoms with E-state index in [2.05, 4.69) is 48.2 Å². The summed E-state index contributed by atoms with van der Waals surface area (Å²) in [5.74, 6) is 0. The first-order chi connectivity index (χ1) is 6.25. The molecule has 0 atom stereocenters. The lowest BCUT2D eigenvalue weighted by atomic mass is 10.4. The second kappa shape index (κ2) is 5.20. The smallest absolute Gasteiger partial charge is 0.0660 e. The number of pyridine rings is 1. The molecule has 1 aromatic rings. The minimum atomic E-state index is 0.487. The highest BCUT2D eigenvalue weighted by Gasteiger charge is 2.03. The van der Waals surface area contributed by atoms with E-state index in [1.54, 1.807) is 12.4 Å². The highest BCUT2D eigenvalue weighted by molar-refractivity contribution is 9.11. The van der Waals surface area contributed by atoms with Crippen molar-refractivity contribution in [3.8, 4) is 6.07 Å². The Hall–Kier alpha value is -0.600. The van der Waals surface area contributed by atoms with Crippen LogP contribution in [0.1, 0.15) is 6.42 Å². The van der Waals surface area contributed by atoms with Crippen LogP contribution in [0.5, 0.6) is 0 Å². The quantitative estimate of drug-likeness (QED) is 0.874. The first kappa shape index (κ1) is 10.5. The van der Waals surface area contributed by atoms with Crippen molar-refractivity contribution in [2.24, 2.45) is 0 Å². The van der Waals surface area contributed by atoms with Crippen molar-refractivity contribution in [2.45, 2.75) is 6.42 Å². The second-order valence-electron chi connectivity index (χ2n) is 2.31. The number of halogens is 2. The van der Waals surface area contributed by atoms with Gasteiger partial charge < -0.3 is 5.32 Å². The Morgan fingerprint density at radius 1 is 1.38 bits per heavy atom. The topological polar surface area (TPSA) is 48.7 Å². The molecule has 3 nitrogen and oxygen atoms in total. The molecule has 0 saturated carbocycles. The molecule has 0 aliphatic carbocycles. The van der Waals surface area contributed by atoms with E-state index >= 15 is 0 Å². The van der Waals surface area contributed by atoms with Crippen LogP contribution in [-0.2, 0) is 0 Å². The molecule has 1 N–H and O–H groups in total. The van der Waals surface area contributed by atoms with Gasteiger partial charge in [0.05, 0.1) is 27.1 Å². The Kier molecular flexibility index (Phi) is 4.19. The highest BCUT2D eigenvalue weighted by atomic mass is 79.9. The molecule has 0 spiro atoms. The summed E-state index contributed by atoms with van der Waals surface area (Å²) in [6.45, 7) is 0.637. The van der Waals surface area contributed by atoms with Gasteiger partial charge >= 0.3 is 0 Å². The third-order valence-corrected chi connectivity index (χ3v) is 2.59. The van der Waals surface area contributed by atoms with E-state index in [1.807, 2.05) is 0 Å². The van der Waals surface area contributed by atoms with Crippen LogP contribution in [0.25, 0.3) is 0 Å². The molecule has 13 heavy (non-hydrogen) atoms. The molecule has 0 aliphatic heterocycles. The number of aromatic nitrogens is 1. The van der Waals surface area contributed by atoms with E-state index in [-0.39, 0.29) is 0 Å². The molecule has 1 rings (SSSR count). The van der Waals surface area contributed by atoms with Crippen molar-refractivity contribution < 1.29 is 0 Å². The largest absolute Gasteiger partial charge is 0.382 e. The van der Waals surface area contributed by atoms with Crippen molar-refractivity contribution >= 4 is 37.5 Å². The van der Waals surface area contributed by atoms with Crippen molar-refractivity contribution in [1.29, 1.82) is 5.26 Å². The van der Waals surface area contributed by atoms with Gasteiger partial charge in [-0.05, 0) is 31.9 Å². The van der Waals surface area contributed by atoms with Gasteiger partial charge in [-0.1, -0.05) is 0 Å². The summed E-state index contributed by atoms with van der Waals surface area (Å²) in [6, 6.07) is 2.07. The number of nitrogens with one attached hydrogen (secondary N) is 1. The molecule has 1 heterocycles. The van der Waals surface area contributed by atoms with Crippen molar-refractivity contribution in [1.82, 2.24) is 4.98 Å². The SMILES string of the molecule is N#CCCNc1c(Br)cncc1Br. The Balaban J connectivity index is 2.71. The third-order valence-electron chi connectivity index (χ3n) is 1.39. The summed E-state index contributed by atoms with van der Waals surface area (Å²) in [5.41, 5.74) is 0.935. The number of nitriles is 1. The number of hydrogen-bond donors (Lipinski definition) is 1. The van der Waals surface area contributed by atoms with Crippen LogP contribution in [0.2, 0.25) is 0 Å². The van der Waals surface area contributed by atoms with Gasteiger partial charge in [0.1, 0.15) is 0 Å². The number of hydrogen-bond acceptors (Lipinski definition) is 3. The predicted molar refractivity (Wildman–Crippen MR) is 58.4 cm³/mol. The van der Waals surface area contributed by atoms with Gasteiger partial charge in [-0.25, -0.2) is 0 Å². The molecule has 0 radical (unpaired) electrons. The summed E-state index contributed by atoms with van der Waals surface area (Å²) in [6.07, 6.45) is 3.90. The van der Waals surface area contributed by atoms with Gasteiger partial charge in [-0.3, -0.25) is 4.98 Å². The zero-order valence-electron chi connectivity index (χ0n) is 6.72. The molecule has 0 aromatic carbocycles. The standard InChI is InChI=1S/C8H7Br2N3/c9-6-4-12-5-7(10)8(6)13-3-1-2-11/h4-5H,1,3H2,(H,12,13). The molecule has 0 fully saturated rings. The fraction of sp³-hybridized carbons (Fsp3) is 0.250. The van der Waals surface area contributed by atoms with E-state index in [0.717, 1.165) is 14.6 Å². The zero-order chi connectivity index (χ0) is 9.68. The predicted octanol–water partition coefficient (Wildman–Crippen LogP) is 2.93. The Morgan fingerprint density at radius 2 is 2.00 bits per heavy atom. The second-order valence-corrected chi connectivity index (χ2v) is 4.02. The summed E-state index contributed by atoms with van der Waals surface area (Å²) >= 11 is 6.72. The minimum absolute atomic E-state index is 0.487. The summed E-state index contributed by atoms with van der Waals surface area (Å²) < 4.78 is 1.78. The minimum Gasteiger partial charge on any atom is -0.382 e. The number of rotatable bonds is 3. The van der Waals surface area contributed by atoms with Crippen molar-refractivity contribution in [2.75, 3.05) is 11.9 Å². The number of anilines is 1. The lowest BCUT2D eigenvalue weighted by Crippen LogP contribution is -2.01. The fourth-order valence-corrected chi connectivity index (χ4v) is 2.03. The molecule has 0 saturated heterocycles. The maximum absolute atomic E-state index is 8.36. The Morgan fingerprint density at radius 3 is 2.54 bits per heavy atom. The van der Waals surface area contributed by atoms with Crippen LogP contribution < -0.4 is 5.32 Å². The molecule has 68 valence electrons. The summed E-state index contributed by atoms with van der Waals surface area (Å²) in [4.78, 5) is 3.97. The van der Waals surface area contributed by atoms with E-state index < -0.39 is 0 Å². The molecule has 0 bridgehead atoms. The van der Waals surface area contributed by atoms with E-state index in [9.17, 15) is 0 Å². The fourth-order valence-electron chi connectivity index (χ4n) is 0.824. The van der Waals surface area contributed by atoms with Crippen LogP contribution in [0.3, 0.4) is 0 Å². The van der Waals surface area contributed by atoms with E-state index in [0.29, 0.717) is 13.0 Å². The molecule has 5 heteroatoms. The van der Waals surface area contributed by atoms with Crippen molar-refractivity contribution in [3.05, 3.63) is 21.3 Å². The average Bonchev–Trinajstić information content (AvgIpc) is 2.10. The molecule has 0 unspecified atom stereocenters. The third kappa shape index (κ3) is 2.98.